The zero-order chi connectivity index (χ0) is 20.7. The molecule has 0 bridgehead atoms. The first-order chi connectivity index (χ1) is 14.1. The van der Waals surface area contributed by atoms with E-state index in [4.69, 9.17) is 14.2 Å². The minimum Gasteiger partial charge on any atom is -0.535 e. The molecule has 0 saturated heterocycles. The van der Waals surface area contributed by atoms with Gasteiger partial charge in [-0.05, 0) is 47.1 Å². The van der Waals surface area contributed by atoms with Gasteiger partial charge in [0.25, 0.3) is 0 Å². The monoisotopic (exact) mass is 629 g/mol. The van der Waals surface area contributed by atoms with Gasteiger partial charge in [0.05, 0.1) is 14.2 Å². The predicted molar refractivity (Wildman–Crippen MR) is 114 cm³/mol. The van der Waals surface area contributed by atoms with Crippen LogP contribution in [0.3, 0.4) is 0 Å². The van der Waals surface area contributed by atoms with Crippen LogP contribution >= 0.6 is 0 Å². The van der Waals surface area contributed by atoms with Gasteiger partial charge in [-0.3, -0.25) is 0 Å². The number of hydrogen-bond acceptors (Lipinski definition) is 4. The third-order valence-corrected chi connectivity index (χ3v) is 4.99. The molecule has 0 aliphatic heterocycles. The number of hydrogen-bond donors (Lipinski definition) is 1. The van der Waals surface area contributed by atoms with Gasteiger partial charge in [0.1, 0.15) is 17.1 Å². The Morgan fingerprint density at radius 2 is 1.20 bits per heavy atom. The number of rotatable bonds is 9. The number of aliphatic hydroxyl groups is 1. The largest absolute Gasteiger partial charge is 0.535 e. The molecular formula is C25H27O4U-. The molecule has 4 nitrogen and oxygen atoms in total. The summed E-state index contributed by atoms with van der Waals surface area (Å²) in [5, 5.41) is 10.2. The van der Waals surface area contributed by atoms with Crippen LogP contribution in [0.2, 0.25) is 0 Å². The minimum atomic E-state index is -0.935. The fourth-order valence-corrected chi connectivity index (χ4v) is 3.31. The number of ether oxygens (including phenoxy) is 3. The SMILES string of the molecule is CCC(O)[CH-]OC(c1ccccc1)(c1ccc(OC)cc1)c1ccc(OC)cc1.[U]. The van der Waals surface area contributed by atoms with Crippen molar-refractivity contribution < 1.29 is 50.4 Å². The topological polar surface area (TPSA) is 47.9 Å². The van der Waals surface area contributed by atoms with E-state index in [9.17, 15) is 5.11 Å². The molecule has 5 heteroatoms. The van der Waals surface area contributed by atoms with Crippen LogP contribution in [0.25, 0.3) is 0 Å². The van der Waals surface area contributed by atoms with Gasteiger partial charge in [-0.2, -0.15) is 6.61 Å². The maximum atomic E-state index is 10.2. The molecule has 0 aliphatic carbocycles. The normalized spacial score (nSPS) is 12.0. The van der Waals surface area contributed by atoms with Crippen molar-refractivity contribution in [2.45, 2.75) is 25.0 Å². The molecule has 3 aromatic rings. The molecule has 0 spiro atoms. The van der Waals surface area contributed by atoms with Crippen molar-refractivity contribution in [2.75, 3.05) is 14.2 Å². The maximum Gasteiger partial charge on any atom is 0.118 e. The summed E-state index contributed by atoms with van der Waals surface area (Å²) in [5.74, 6) is 1.53. The molecule has 156 valence electrons. The van der Waals surface area contributed by atoms with Crippen molar-refractivity contribution in [1.82, 2.24) is 0 Å². The van der Waals surface area contributed by atoms with Gasteiger partial charge < -0.3 is 19.3 Å². The quantitative estimate of drug-likeness (QED) is 0.269. The summed E-state index contributed by atoms with van der Waals surface area (Å²) >= 11 is 0. The van der Waals surface area contributed by atoms with Crippen molar-refractivity contribution >= 4 is 0 Å². The zero-order valence-corrected chi connectivity index (χ0v) is 21.7. The molecule has 3 aromatic carbocycles. The van der Waals surface area contributed by atoms with Crippen molar-refractivity contribution in [1.29, 1.82) is 0 Å². The van der Waals surface area contributed by atoms with E-state index in [1.54, 1.807) is 14.2 Å². The second-order valence-electron chi connectivity index (χ2n) is 6.73. The fourth-order valence-electron chi connectivity index (χ4n) is 3.31. The molecule has 1 N–H and O–H groups in total. The van der Waals surface area contributed by atoms with Crippen molar-refractivity contribution in [3.8, 4) is 11.5 Å². The average Bonchev–Trinajstić information content (AvgIpc) is 2.80. The summed E-state index contributed by atoms with van der Waals surface area (Å²) in [7, 11) is 3.29. The van der Waals surface area contributed by atoms with E-state index in [-0.39, 0.29) is 31.1 Å². The minimum absolute atomic E-state index is 0. The van der Waals surface area contributed by atoms with Crippen LogP contribution in [0.4, 0.5) is 0 Å². The third-order valence-electron chi connectivity index (χ3n) is 4.99. The standard InChI is InChI=1S/C25H27O4.U/c1-4-22(26)18-29-25(19-8-6-5-7-9-19,20-10-14-23(27-2)15-11-20)21-12-16-24(28-3)17-13-21;/h5-18,22,26H,4H2,1-3H3;/q-1;. The molecule has 1 unspecified atom stereocenters. The zero-order valence-electron chi connectivity index (χ0n) is 17.5. The predicted octanol–water partition coefficient (Wildman–Crippen LogP) is 4.94. The van der Waals surface area contributed by atoms with Crippen LogP contribution in [-0.4, -0.2) is 25.4 Å². The van der Waals surface area contributed by atoms with E-state index in [0.29, 0.717) is 6.42 Å². The van der Waals surface area contributed by atoms with Crippen LogP contribution in [0.15, 0.2) is 78.9 Å². The Hall–Kier alpha value is -1.77. The molecule has 0 fully saturated rings. The van der Waals surface area contributed by atoms with Crippen molar-refractivity contribution in [3.05, 3.63) is 102 Å². The Labute approximate surface area is 202 Å². The van der Waals surface area contributed by atoms with Gasteiger partial charge in [0.2, 0.25) is 0 Å². The van der Waals surface area contributed by atoms with Gasteiger partial charge in [-0.25, -0.2) is 0 Å². The smallest absolute Gasteiger partial charge is 0.118 e. The second kappa shape index (κ2) is 11.6. The number of methoxy groups -OCH3 is 2. The first kappa shape index (κ1) is 24.5. The number of benzene rings is 3. The first-order valence-corrected chi connectivity index (χ1v) is 9.67. The average molecular weight is 630 g/mol. The van der Waals surface area contributed by atoms with Gasteiger partial charge in [0.15, 0.2) is 0 Å². The van der Waals surface area contributed by atoms with Crippen LogP contribution in [0.5, 0.6) is 11.5 Å². The Bertz CT molecular complexity index is 832. The van der Waals surface area contributed by atoms with Crippen molar-refractivity contribution in [2.24, 2.45) is 0 Å². The van der Waals surface area contributed by atoms with Crippen LogP contribution < -0.4 is 9.47 Å². The van der Waals surface area contributed by atoms with Crippen LogP contribution in [0, 0.1) is 37.7 Å². The summed E-state index contributed by atoms with van der Waals surface area (Å²) < 4.78 is 17.1. The van der Waals surface area contributed by atoms with Crippen LogP contribution in [0.1, 0.15) is 30.0 Å². The molecule has 30 heavy (non-hydrogen) atoms. The van der Waals surface area contributed by atoms with E-state index in [1.165, 1.54) is 6.61 Å². The molecule has 0 aromatic heterocycles. The van der Waals surface area contributed by atoms with Gasteiger partial charge in [-0.1, -0.05) is 67.9 Å². The van der Waals surface area contributed by atoms with Crippen LogP contribution in [-0.2, 0) is 10.3 Å². The molecule has 0 radical (unpaired) electrons. The molecule has 0 saturated carbocycles. The molecule has 1 atom stereocenters. The van der Waals surface area contributed by atoms with E-state index in [1.807, 2.05) is 85.8 Å². The Balaban J connectivity index is 0.00000320. The Morgan fingerprint density at radius 1 is 0.767 bits per heavy atom. The van der Waals surface area contributed by atoms with Gasteiger partial charge in [0, 0.05) is 31.1 Å². The van der Waals surface area contributed by atoms with Crippen molar-refractivity contribution in [3.63, 3.8) is 0 Å². The molecule has 0 aliphatic rings. The summed E-state index contributed by atoms with van der Waals surface area (Å²) in [5.41, 5.74) is 1.87. The molecule has 3 rings (SSSR count). The van der Waals surface area contributed by atoms with E-state index in [0.717, 1.165) is 28.2 Å². The third kappa shape index (κ3) is 5.28. The van der Waals surface area contributed by atoms with Gasteiger partial charge in [-0.15, -0.1) is 0 Å². The second-order valence-corrected chi connectivity index (χ2v) is 6.73. The van der Waals surface area contributed by atoms with E-state index in [2.05, 4.69) is 0 Å². The first-order valence-electron chi connectivity index (χ1n) is 9.67. The summed E-state index contributed by atoms with van der Waals surface area (Å²) in [6, 6.07) is 25.6. The Morgan fingerprint density at radius 3 is 1.60 bits per heavy atom. The van der Waals surface area contributed by atoms with E-state index >= 15 is 0 Å². The summed E-state index contributed by atoms with van der Waals surface area (Å²) in [6.07, 6.45) is -0.106. The van der Waals surface area contributed by atoms with E-state index < -0.39 is 11.7 Å². The molecule has 0 heterocycles. The fraction of sp³-hybridized carbons (Fsp3) is 0.240. The van der Waals surface area contributed by atoms with Gasteiger partial charge >= 0.3 is 0 Å². The maximum absolute atomic E-state index is 10.2. The number of aliphatic hydroxyl groups excluding tert-OH is 1. The molecule has 0 amide bonds. The molecular weight excluding hydrogens is 602 g/mol. The summed E-state index contributed by atoms with van der Waals surface area (Å²) in [6.45, 7) is 3.43. The summed E-state index contributed by atoms with van der Waals surface area (Å²) in [4.78, 5) is 0. The Kier molecular flexibility index (Phi) is 9.45.